The minimum atomic E-state index is -0.211. The Kier molecular flexibility index (Phi) is 7.35. The van der Waals surface area contributed by atoms with E-state index in [1.165, 1.54) is 0 Å². The molecule has 0 spiro atoms. The van der Waals surface area contributed by atoms with Crippen LogP contribution in [-0.4, -0.2) is 24.2 Å². The number of thioether (sulfide) groups is 1. The summed E-state index contributed by atoms with van der Waals surface area (Å²) in [5.41, 5.74) is 3.55. The average molecular weight is 461 g/mol. The van der Waals surface area contributed by atoms with E-state index in [1.807, 2.05) is 97.6 Å². The van der Waals surface area contributed by atoms with Gasteiger partial charge < -0.3 is 10.1 Å². The van der Waals surface area contributed by atoms with Crippen LogP contribution in [0.2, 0.25) is 0 Å². The minimum Gasteiger partial charge on any atom is -0.494 e. The molecule has 1 aliphatic heterocycles. The number of hydrogen-bond donors (Lipinski definition) is 1. The van der Waals surface area contributed by atoms with Crippen molar-refractivity contribution in [2.24, 2.45) is 0 Å². The van der Waals surface area contributed by atoms with Crippen molar-refractivity contribution in [2.45, 2.75) is 31.6 Å². The third-order valence-corrected chi connectivity index (χ3v) is 6.87. The molecule has 2 atom stereocenters. The molecule has 0 aromatic heterocycles. The lowest BCUT2D eigenvalue weighted by Crippen LogP contribution is -2.27. The van der Waals surface area contributed by atoms with Crippen LogP contribution in [0.1, 0.15) is 42.7 Å². The Hall–Kier alpha value is -3.25. The first-order valence-corrected chi connectivity index (χ1v) is 12.3. The second-order valence-corrected chi connectivity index (χ2v) is 8.91. The van der Waals surface area contributed by atoms with Gasteiger partial charge >= 0.3 is 0 Å². The monoisotopic (exact) mass is 460 g/mol. The van der Waals surface area contributed by atoms with Crippen molar-refractivity contribution >= 4 is 35.0 Å². The third-order valence-electron chi connectivity index (χ3n) is 5.66. The maximum absolute atomic E-state index is 13.0. The van der Waals surface area contributed by atoms with Crippen molar-refractivity contribution < 1.29 is 14.3 Å². The number of anilines is 2. The van der Waals surface area contributed by atoms with Gasteiger partial charge in [0.1, 0.15) is 11.1 Å². The van der Waals surface area contributed by atoms with E-state index in [1.54, 1.807) is 11.8 Å². The first kappa shape index (κ1) is 22.9. The van der Waals surface area contributed by atoms with E-state index < -0.39 is 0 Å². The lowest BCUT2D eigenvalue weighted by molar-refractivity contribution is -0.118. The molecule has 1 N–H and O–H groups in total. The lowest BCUT2D eigenvalue weighted by atomic mass is 9.95. The van der Waals surface area contributed by atoms with Gasteiger partial charge in [0.25, 0.3) is 0 Å². The Morgan fingerprint density at radius 2 is 1.82 bits per heavy atom. The largest absolute Gasteiger partial charge is 0.494 e. The molecule has 6 heteroatoms. The van der Waals surface area contributed by atoms with Crippen LogP contribution in [0.25, 0.3) is 0 Å². The number of rotatable bonds is 8. The topological polar surface area (TPSA) is 58.6 Å². The van der Waals surface area contributed by atoms with Gasteiger partial charge in [0.05, 0.1) is 18.3 Å². The molecule has 2 amide bonds. The zero-order valence-corrected chi connectivity index (χ0v) is 19.7. The number of ether oxygens (including phenoxy) is 1. The Balaban J connectivity index is 1.53. The van der Waals surface area contributed by atoms with E-state index in [0.717, 1.165) is 28.3 Å². The number of benzene rings is 3. The standard InChI is InChI=1S/C27H28N2O3S/c1-3-24(19-9-6-5-7-10-19)26(31)28-21-12-8-11-20(17-21)27-29(25(30)18-33-27)22-13-15-23(16-14-22)32-4-2/h5-17,24,27H,3-4,18H2,1-2H3,(H,28,31). The molecule has 2 unspecified atom stereocenters. The fraction of sp³-hybridized carbons (Fsp3) is 0.259. The molecular weight excluding hydrogens is 432 g/mol. The van der Waals surface area contributed by atoms with Gasteiger partial charge in [0.15, 0.2) is 0 Å². The van der Waals surface area contributed by atoms with Crippen LogP contribution < -0.4 is 15.0 Å². The van der Waals surface area contributed by atoms with Crippen LogP contribution in [0.3, 0.4) is 0 Å². The Bertz CT molecular complexity index is 1100. The first-order valence-electron chi connectivity index (χ1n) is 11.2. The van der Waals surface area contributed by atoms with E-state index in [4.69, 9.17) is 4.74 Å². The van der Waals surface area contributed by atoms with E-state index >= 15 is 0 Å². The summed E-state index contributed by atoms with van der Waals surface area (Å²) in [4.78, 5) is 27.5. The van der Waals surface area contributed by atoms with Crippen molar-refractivity contribution in [3.8, 4) is 5.75 Å². The number of nitrogens with one attached hydrogen (secondary N) is 1. The molecular formula is C27H28N2O3S. The number of carbonyl (C=O) groups is 2. The average Bonchev–Trinajstić information content (AvgIpc) is 3.22. The van der Waals surface area contributed by atoms with E-state index in [2.05, 4.69) is 5.32 Å². The van der Waals surface area contributed by atoms with Gasteiger partial charge in [0, 0.05) is 11.4 Å². The summed E-state index contributed by atoms with van der Waals surface area (Å²) < 4.78 is 5.53. The molecule has 0 bridgehead atoms. The van der Waals surface area contributed by atoms with Crippen molar-refractivity contribution in [2.75, 3.05) is 22.6 Å². The van der Waals surface area contributed by atoms with Gasteiger partial charge in [-0.2, -0.15) is 0 Å². The van der Waals surface area contributed by atoms with Crippen LogP contribution in [0.5, 0.6) is 5.75 Å². The maximum atomic E-state index is 13.0. The molecule has 3 aromatic carbocycles. The van der Waals surface area contributed by atoms with Crippen LogP contribution >= 0.6 is 11.8 Å². The van der Waals surface area contributed by atoms with Crippen molar-refractivity contribution in [3.05, 3.63) is 90.0 Å². The third kappa shape index (κ3) is 5.22. The molecule has 33 heavy (non-hydrogen) atoms. The van der Waals surface area contributed by atoms with E-state index in [0.29, 0.717) is 18.8 Å². The van der Waals surface area contributed by atoms with Gasteiger partial charge in [-0.1, -0.05) is 49.4 Å². The molecule has 1 saturated heterocycles. The SMILES string of the molecule is CCOc1ccc(N2C(=O)CSC2c2cccc(NC(=O)C(CC)c3ccccc3)c2)cc1. The summed E-state index contributed by atoms with van der Waals surface area (Å²) >= 11 is 1.59. The second kappa shape index (κ2) is 10.6. The van der Waals surface area contributed by atoms with E-state index in [9.17, 15) is 9.59 Å². The van der Waals surface area contributed by atoms with Crippen LogP contribution in [0.4, 0.5) is 11.4 Å². The van der Waals surface area contributed by atoms with Gasteiger partial charge in [-0.25, -0.2) is 0 Å². The van der Waals surface area contributed by atoms with Gasteiger partial charge in [0.2, 0.25) is 11.8 Å². The Morgan fingerprint density at radius 1 is 1.06 bits per heavy atom. The summed E-state index contributed by atoms with van der Waals surface area (Å²) in [6, 6.07) is 25.2. The fourth-order valence-electron chi connectivity index (χ4n) is 4.08. The normalized spacial score (nSPS) is 16.5. The molecule has 4 rings (SSSR count). The number of nitrogens with zero attached hydrogens (tertiary/aromatic N) is 1. The molecule has 3 aromatic rings. The smallest absolute Gasteiger partial charge is 0.238 e. The highest BCUT2D eigenvalue weighted by atomic mass is 32.2. The van der Waals surface area contributed by atoms with Crippen molar-refractivity contribution in [1.29, 1.82) is 0 Å². The van der Waals surface area contributed by atoms with Crippen molar-refractivity contribution in [1.82, 2.24) is 0 Å². The summed E-state index contributed by atoms with van der Waals surface area (Å²) in [6.07, 6.45) is 0.716. The maximum Gasteiger partial charge on any atom is 0.238 e. The van der Waals surface area contributed by atoms with Gasteiger partial charge in [-0.05, 0) is 60.9 Å². The molecule has 5 nitrogen and oxygen atoms in total. The Morgan fingerprint density at radius 3 is 2.52 bits per heavy atom. The van der Waals surface area contributed by atoms with Crippen LogP contribution in [0, 0.1) is 0 Å². The fourth-order valence-corrected chi connectivity index (χ4v) is 5.24. The van der Waals surface area contributed by atoms with E-state index in [-0.39, 0.29) is 23.1 Å². The predicted octanol–water partition coefficient (Wildman–Crippen LogP) is 6.00. The summed E-state index contributed by atoms with van der Waals surface area (Å²) in [5, 5.41) is 2.92. The zero-order chi connectivity index (χ0) is 23.2. The lowest BCUT2D eigenvalue weighted by Gasteiger charge is -2.25. The highest BCUT2D eigenvalue weighted by Crippen LogP contribution is 2.42. The molecule has 1 heterocycles. The molecule has 1 aliphatic rings. The zero-order valence-electron chi connectivity index (χ0n) is 18.9. The molecule has 1 fully saturated rings. The van der Waals surface area contributed by atoms with Gasteiger partial charge in [-0.15, -0.1) is 11.8 Å². The summed E-state index contributed by atoms with van der Waals surface area (Å²) in [6.45, 7) is 4.56. The number of hydrogen-bond acceptors (Lipinski definition) is 4. The Labute approximate surface area is 199 Å². The van der Waals surface area contributed by atoms with Gasteiger partial charge in [-0.3, -0.25) is 14.5 Å². The number of carbonyl (C=O) groups excluding carboxylic acids is 2. The van der Waals surface area contributed by atoms with Crippen LogP contribution in [-0.2, 0) is 9.59 Å². The summed E-state index contributed by atoms with van der Waals surface area (Å²) in [5.74, 6) is 1.03. The first-order chi connectivity index (χ1) is 16.1. The molecule has 170 valence electrons. The second-order valence-electron chi connectivity index (χ2n) is 7.84. The minimum absolute atomic E-state index is 0.0284. The van der Waals surface area contributed by atoms with Crippen molar-refractivity contribution in [3.63, 3.8) is 0 Å². The van der Waals surface area contributed by atoms with Crippen LogP contribution in [0.15, 0.2) is 78.9 Å². The highest BCUT2D eigenvalue weighted by Gasteiger charge is 2.34. The number of amides is 2. The highest BCUT2D eigenvalue weighted by molar-refractivity contribution is 8.00. The predicted molar refractivity (Wildman–Crippen MR) is 135 cm³/mol. The molecule has 0 aliphatic carbocycles. The molecule has 0 radical (unpaired) electrons. The summed E-state index contributed by atoms with van der Waals surface area (Å²) in [7, 11) is 0. The molecule has 0 saturated carbocycles. The quantitative estimate of drug-likeness (QED) is 0.448.